The number of hydrogen-bond acceptors (Lipinski definition) is 1. The number of nitrogens with zero attached hydrogens (tertiary/aromatic N) is 1. The van der Waals surface area contributed by atoms with Crippen LogP contribution in [0.4, 0.5) is 5.69 Å². The maximum atomic E-state index is 4.82. The monoisotopic (exact) mass is 339 g/mol. The van der Waals surface area contributed by atoms with Gasteiger partial charge in [0, 0.05) is 49.5 Å². The second-order valence-corrected chi connectivity index (χ2v) is 5.59. The van der Waals surface area contributed by atoms with Crippen LogP contribution in [0.5, 0.6) is 0 Å². The number of rotatable bonds is 2. The Balaban J connectivity index is 0.00000147. The average Bonchev–Trinajstić information content (AvgIpc) is 2.70. The molecule has 1 heterocycles. The summed E-state index contributed by atoms with van der Waals surface area (Å²) in [5.74, 6) is 0. The van der Waals surface area contributed by atoms with Crippen LogP contribution in [0.3, 0.4) is 0 Å². The summed E-state index contributed by atoms with van der Waals surface area (Å²) >= 11 is 0. The van der Waals surface area contributed by atoms with Crippen LogP contribution in [0.1, 0.15) is 44.7 Å². The molecule has 0 aliphatic carbocycles. The van der Waals surface area contributed by atoms with E-state index in [2.05, 4.69) is 58.0 Å². The van der Waals surface area contributed by atoms with Gasteiger partial charge in [0.15, 0.2) is 0 Å². The fourth-order valence-electron chi connectivity index (χ4n) is 3.52. The van der Waals surface area contributed by atoms with Crippen molar-refractivity contribution in [2.24, 2.45) is 4.99 Å². The van der Waals surface area contributed by atoms with E-state index in [4.69, 9.17) is 4.99 Å². The van der Waals surface area contributed by atoms with E-state index >= 15 is 0 Å². The maximum Gasteiger partial charge on any atom is 0.0257 e. The molecule has 1 aliphatic rings. The third-order valence-corrected chi connectivity index (χ3v) is 4.71. The van der Waals surface area contributed by atoms with Crippen LogP contribution in [0.2, 0.25) is 0 Å². The summed E-state index contributed by atoms with van der Waals surface area (Å²) in [6.07, 6.45) is 2.21. The molecule has 0 bridgehead atoms. The molecule has 2 aromatic rings. The van der Waals surface area contributed by atoms with E-state index in [9.17, 15) is 0 Å². The standard InChI is InChI=1S/C18H20N.Y/c1-5-18(6-2)13(4)19-16-10-8-14-11-12(3)7-9-15(14)17(16)18;/h7-8,10-11H,5-6H2,1-4H3;/q-1;. The molecule has 101 valence electrons. The summed E-state index contributed by atoms with van der Waals surface area (Å²) in [7, 11) is 0. The molecule has 1 aliphatic heterocycles. The molecule has 0 atom stereocenters. The molecule has 1 radical (unpaired) electrons. The zero-order valence-electron chi connectivity index (χ0n) is 12.7. The van der Waals surface area contributed by atoms with Crippen LogP contribution in [0.15, 0.2) is 29.3 Å². The van der Waals surface area contributed by atoms with Gasteiger partial charge >= 0.3 is 0 Å². The Kier molecular flexibility index (Phi) is 4.51. The van der Waals surface area contributed by atoms with Gasteiger partial charge < -0.3 is 0 Å². The van der Waals surface area contributed by atoms with E-state index in [1.165, 1.54) is 27.6 Å². The second-order valence-electron chi connectivity index (χ2n) is 5.59. The molecule has 0 amide bonds. The van der Waals surface area contributed by atoms with E-state index in [-0.39, 0.29) is 38.1 Å². The van der Waals surface area contributed by atoms with Crippen molar-refractivity contribution in [3.8, 4) is 0 Å². The molecule has 0 N–H and O–H groups in total. The molecule has 1 nitrogen and oxygen atoms in total. The molecule has 0 saturated heterocycles. The first-order chi connectivity index (χ1) is 9.12. The topological polar surface area (TPSA) is 12.4 Å². The smallest absolute Gasteiger partial charge is 0.0257 e. The minimum Gasteiger partial charge on any atom is -0.268 e. The Morgan fingerprint density at radius 1 is 1.15 bits per heavy atom. The quantitative estimate of drug-likeness (QED) is 0.674. The number of aliphatic imine (C=N–C) groups is 1. The first-order valence-corrected chi connectivity index (χ1v) is 7.13. The molecule has 0 fully saturated rings. The van der Waals surface area contributed by atoms with Crippen LogP contribution in [-0.4, -0.2) is 5.71 Å². The van der Waals surface area contributed by atoms with Crippen molar-refractivity contribution in [2.75, 3.05) is 0 Å². The maximum absolute atomic E-state index is 4.82. The van der Waals surface area contributed by atoms with E-state index < -0.39 is 0 Å². The van der Waals surface area contributed by atoms with Gasteiger partial charge in [0.1, 0.15) is 0 Å². The fraction of sp³-hybridized carbons (Fsp3) is 0.389. The first-order valence-electron chi connectivity index (χ1n) is 7.13. The van der Waals surface area contributed by atoms with Crippen LogP contribution >= 0.6 is 0 Å². The molecule has 0 saturated carbocycles. The van der Waals surface area contributed by atoms with Crippen molar-refractivity contribution in [3.05, 3.63) is 41.5 Å². The molecule has 0 spiro atoms. The summed E-state index contributed by atoms with van der Waals surface area (Å²) in [6.45, 7) is 8.83. The number of benzene rings is 2. The summed E-state index contributed by atoms with van der Waals surface area (Å²) < 4.78 is 0. The largest absolute Gasteiger partial charge is 0.268 e. The fourth-order valence-corrected chi connectivity index (χ4v) is 3.52. The molecule has 2 heteroatoms. The Morgan fingerprint density at radius 3 is 2.50 bits per heavy atom. The zero-order valence-corrected chi connectivity index (χ0v) is 15.6. The first kappa shape index (κ1) is 15.9. The van der Waals surface area contributed by atoms with Crippen molar-refractivity contribution < 1.29 is 32.7 Å². The molecule has 20 heavy (non-hydrogen) atoms. The Hall–Kier alpha value is -0.526. The van der Waals surface area contributed by atoms with Crippen molar-refractivity contribution in [1.29, 1.82) is 0 Å². The van der Waals surface area contributed by atoms with E-state index in [1.807, 2.05) is 0 Å². The minimum atomic E-state index is 0. The number of aryl methyl sites for hydroxylation is 1. The van der Waals surface area contributed by atoms with E-state index in [1.54, 1.807) is 0 Å². The van der Waals surface area contributed by atoms with Gasteiger partial charge in [0.05, 0.1) is 0 Å². The van der Waals surface area contributed by atoms with Crippen molar-refractivity contribution in [1.82, 2.24) is 0 Å². The Bertz CT molecular complexity index is 681. The molecule has 0 unspecified atom stereocenters. The van der Waals surface area contributed by atoms with Crippen LogP contribution in [0, 0.1) is 13.0 Å². The Morgan fingerprint density at radius 2 is 1.85 bits per heavy atom. The van der Waals surface area contributed by atoms with Gasteiger partial charge in [-0.05, 0) is 19.8 Å². The SMILES string of the molecule is CCC1(CC)C(C)=Nc2ccc3cc(C)c[c-]c3c21.[Y]. The van der Waals surface area contributed by atoms with Crippen molar-refractivity contribution in [3.63, 3.8) is 0 Å². The number of hydrogen-bond donors (Lipinski definition) is 0. The average molecular weight is 339 g/mol. The van der Waals surface area contributed by atoms with Gasteiger partial charge in [-0.3, -0.25) is 4.99 Å². The zero-order chi connectivity index (χ0) is 13.6. The van der Waals surface area contributed by atoms with E-state index in [0.717, 1.165) is 18.5 Å². The predicted molar refractivity (Wildman–Crippen MR) is 82.6 cm³/mol. The van der Waals surface area contributed by atoms with Gasteiger partial charge in [0.25, 0.3) is 0 Å². The Labute approximate surface area is 146 Å². The minimum absolute atomic E-state index is 0. The third-order valence-electron chi connectivity index (χ3n) is 4.71. The number of fused-ring (bicyclic) bond motifs is 3. The molecular formula is C18H20NY-. The third kappa shape index (κ3) is 2.10. The molecule has 3 rings (SSSR count). The molecular weight excluding hydrogens is 319 g/mol. The van der Waals surface area contributed by atoms with Gasteiger partial charge in [-0.15, -0.1) is 34.5 Å². The predicted octanol–water partition coefficient (Wildman–Crippen LogP) is 5.11. The van der Waals surface area contributed by atoms with Crippen LogP contribution in [-0.2, 0) is 38.1 Å². The van der Waals surface area contributed by atoms with Crippen LogP contribution < -0.4 is 0 Å². The van der Waals surface area contributed by atoms with Gasteiger partial charge in [-0.1, -0.05) is 38.5 Å². The van der Waals surface area contributed by atoms with Crippen molar-refractivity contribution in [2.45, 2.75) is 46.0 Å². The summed E-state index contributed by atoms with van der Waals surface area (Å²) in [5, 5.41) is 2.54. The summed E-state index contributed by atoms with van der Waals surface area (Å²) in [5.41, 5.74) is 5.18. The summed E-state index contributed by atoms with van der Waals surface area (Å²) in [6, 6.07) is 12.2. The normalized spacial score (nSPS) is 15.7. The van der Waals surface area contributed by atoms with Gasteiger partial charge in [-0.25, -0.2) is 0 Å². The second kappa shape index (κ2) is 5.69. The van der Waals surface area contributed by atoms with Crippen molar-refractivity contribution >= 4 is 22.2 Å². The van der Waals surface area contributed by atoms with Gasteiger partial charge in [0.2, 0.25) is 0 Å². The van der Waals surface area contributed by atoms with E-state index in [0.29, 0.717) is 0 Å². The molecule has 2 aromatic carbocycles. The van der Waals surface area contributed by atoms with Crippen LogP contribution in [0.25, 0.3) is 10.8 Å². The summed E-state index contributed by atoms with van der Waals surface area (Å²) in [4.78, 5) is 4.82. The molecule has 0 aromatic heterocycles. The van der Waals surface area contributed by atoms with Gasteiger partial charge in [-0.2, -0.15) is 0 Å².